The van der Waals surface area contributed by atoms with Gasteiger partial charge in [-0.15, -0.1) is 0 Å². The van der Waals surface area contributed by atoms with Crippen LogP contribution in [0.15, 0.2) is 24.3 Å². The Kier molecular flexibility index (Phi) is 9.22. The molecule has 0 saturated carbocycles. The standard InChI is InChI=1S/C7H9NO.C6H15NO2/c8-7-3-1-6(5-9)2-4-7;1-5(2)4-8-6(3)9-7/h1-4,9H,5,8H2;5-6H,4,7H2,1-3H3. The number of nitrogens with two attached hydrogens (primary N) is 2. The summed E-state index contributed by atoms with van der Waals surface area (Å²) < 4.78 is 5.11. The molecule has 5 heteroatoms. The van der Waals surface area contributed by atoms with Crippen molar-refractivity contribution in [3.05, 3.63) is 29.8 Å². The summed E-state index contributed by atoms with van der Waals surface area (Å²) in [6.07, 6.45) is -0.285. The number of rotatable bonds is 5. The molecule has 0 saturated heterocycles. The van der Waals surface area contributed by atoms with Gasteiger partial charge in [0.15, 0.2) is 6.29 Å². The molecule has 0 amide bonds. The zero-order chi connectivity index (χ0) is 14.0. The summed E-state index contributed by atoms with van der Waals surface area (Å²) in [4.78, 5) is 4.38. The smallest absolute Gasteiger partial charge is 0.174 e. The Morgan fingerprint density at radius 3 is 2.11 bits per heavy atom. The van der Waals surface area contributed by atoms with E-state index in [1.165, 1.54) is 0 Å². The van der Waals surface area contributed by atoms with Gasteiger partial charge in [0.2, 0.25) is 0 Å². The minimum absolute atomic E-state index is 0.0836. The Balaban J connectivity index is 0.000000321. The summed E-state index contributed by atoms with van der Waals surface area (Å²) >= 11 is 0. The van der Waals surface area contributed by atoms with Crippen molar-refractivity contribution >= 4 is 5.69 Å². The van der Waals surface area contributed by atoms with Crippen molar-refractivity contribution in [3.63, 3.8) is 0 Å². The molecular formula is C13H24N2O3. The largest absolute Gasteiger partial charge is 0.399 e. The molecule has 0 aliphatic carbocycles. The molecule has 0 aliphatic rings. The fraction of sp³-hybridized carbons (Fsp3) is 0.538. The van der Waals surface area contributed by atoms with E-state index in [4.69, 9.17) is 21.5 Å². The first-order valence-corrected chi connectivity index (χ1v) is 5.92. The summed E-state index contributed by atoms with van der Waals surface area (Å²) in [7, 11) is 0. The first-order valence-electron chi connectivity index (χ1n) is 5.92. The minimum atomic E-state index is -0.285. The second-order valence-corrected chi connectivity index (χ2v) is 4.33. The molecule has 1 unspecified atom stereocenters. The van der Waals surface area contributed by atoms with Crippen molar-refractivity contribution in [2.75, 3.05) is 12.3 Å². The summed E-state index contributed by atoms with van der Waals surface area (Å²) in [5.74, 6) is 5.36. The normalized spacial score (nSPS) is 11.9. The number of hydrogen-bond donors (Lipinski definition) is 3. The molecule has 0 aromatic heterocycles. The number of hydrogen-bond acceptors (Lipinski definition) is 5. The third-order valence-electron chi connectivity index (χ3n) is 2.02. The molecule has 0 heterocycles. The molecule has 0 aliphatic heterocycles. The molecule has 5 nitrogen and oxygen atoms in total. The molecule has 1 rings (SSSR count). The Hall–Kier alpha value is -1.14. The number of ether oxygens (including phenoxy) is 1. The lowest BCUT2D eigenvalue weighted by Crippen LogP contribution is -2.19. The fourth-order valence-corrected chi connectivity index (χ4v) is 0.990. The lowest BCUT2D eigenvalue weighted by molar-refractivity contribution is -0.138. The van der Waals surface area contributed by atoms with Crippen LogP contribution in [0.5, 0.6) is 0 Å². The lowest BCUT2D eigenvalue weighted by Gasteiger charge is -2.11. The number of aliphatic hydroxyl groups is 1. The van der Waals surface area contributed by atoms with Crippen LogP contribution in [-0.2, 0) is 16.2 Å². The monoisotopic (exact) mass is 256 g/mol. The quantitative estimate of drug-likeness (QED) is 0.423. The minimum Gasteiger partial charge on any atom is -0.399 e. The van der Waals surface area contributed by atoms with Crippen molar-refractivity contribution in [2.24, 2.45) is 11.8 Å². The van der Waals surface area contributed by atoms with Crippen LogP contribution in [0.25, 0.3) is 0 Å². The van der Waals surface area contributed by atoms with Crippen LogP contribution in [-0.4, -0.2) is 18.0 Å². The van der Waals surface area contributed by atoms with E-state index in [2.05, 4.69) is 18.7 Å². The second-order valence-electron chi connectivity index (χ2n) is 4.33. The van der Waals surface area contributed by atoms with E-state index in [-0.39, 0.29) is 12.9 Å². The number of anilines is 1. The number of benzene rings is 1. The van der Waals surface area contributed by atoms with E-state index < -0.39 is 0 Å². The zero-order valence-electron chi connectivity index (χ0n) is 11.3. The lowest BCUT2D eigenvalue weighted by atomic mass is 10.2. The Labute approximate surface area is 109 Å². The molecule has 0 fully saturated rings. The van der Waals surface area contributed by atoms with Crippen molar-refractivity contribution in [2.45, 2.75) is 33.7 Å². The number of nitrogen functional groups attached to an aromatic ring is 1. The van der Waals surface area contributed by atoms with Gasteiger partial charge < -0.3 is 15.6 Å². The Morgan fingerprint density at radius 2 is 1.72 bits per heavy atom. The molecule has 1 atom stereocenters. The second kappa shape index (κ2) is 9.85. The van der Waals surface area contributed by atoms with E-state index in [1.54, 1.807) is 31.2 Å². The first-order chi connectivity index (χ1) is 8.49. The third kappa shape index (κ3) is 8.95. The van der Waals surface area contributed by atoms with Gasteiger partial charge in [-0.3, -0.25) is 4.84 Å². The van der Waals surface area contributed by atoms with Gasteiger partial charge in [0.25, 0.3) is 0 Å². The number of aliphatic hydroxyl groups excluding tert-OH is 1. The maximum Gasteiger partial charge on any atom is 0.174 e. The average Bonchev–Trinajstić information content (AvgIpc) is 2.37. The summed E-state index contributed by atoms with van der Waals surface area (Å²) in [6.45, 7) is 6.69. The van der Waals surface area contributed by atoms with E-state index in [0.29, 0.717) is 12.5 Å². The van der Waals surface area contributed by atoms with Crippen molar-refractivity contribution in [1.29, 1.82) is 0 Å². The van der Waals surface area contributed by atoms with Crippen molar-refractivity contribution < 1.29 is 14.7 Å². The molecule has 0 spiro atoms. The van der Waals surface area contributed by atoms with Gasteiger partial charge in [-0.2, -0.15) is 0 Å². The summed E-state index contributed by atoms with van der Waals surface area (Å²) in [5.41, 5.74) is 7.02. The van der Waals surface area contributed by atoms with Crippen LogP contribution in [0.2, 0.25) is 0 Å². The van der Waals surface area contributed by atoms with Gasteiger partial charge in [-0.1, -0.05) is 26.0 Å². The summed E-state index contributed by atoms with van der Waals surface area (Å²) in [6, 6.07) is 7.14. The first kappa shape index (κ1) is 16.9. The van der Waals surface area contributed by atoms with Crippen LogP contribution in [0.4, 0.5) is 5.69 Å². The van der Waals surface area contributed by atoms with E-state index >= 15 is 0 Å². The fourth-order valence-electron chi connectivity index (χ4n) is 0.990. The van der Waals surface area contributed by atoms with Crippen LogP contribution in [0.1, 0.15) is 26.3 Å². The Morgan fingerprint density at radius 1 is 1.17 bits per heavy atom. The molecule has 0 bridgehead atoms. The highest BCUT2D eigenvalue weighted by Crippen LogP contribution is 2.04. The topological polar surface area (TPSA) is 90.7 Å². The van der Waals surface area contributed by atoms with Gasteiger partial charge in [0, 0.05) is 5.69 Å². The van der Waals surface area contributed by atoms with E-state index in [1.807, 2.05) is 0 Å². The predicted octanol–water partition coefficient (Wildman–Crippen LogP) is 1.66. The SMILES string of the molecule is CC(C)COC(C)ON.Nc1ccc(CO)cc1. The van der Waals surface area contributed by atoms with E-state index in [9.17, 15) is 0 Å². The van der Waals surface area contributed by atoms with Crippen molar-refractivity contribution in [3.8, 4) is 0 Å². The molecule has 104 valence electrons. The van der Waals surface area contributed by atoms with E-state index in [0.717, 1.165) is 11.3 Å². The van der Waals surface area contributed by atoms with Crippen molar-refractivity contribution in [1.82, 2.24) is 0 Å². The average molecular weight is 256 g/mol. The molecule has 1 aromatic carbocycles. The van der Waals surface area contributed by atoms with Crippen LogP contribution < -0.4 is 11.6 Å². The molecule has 18 heavy (non-hydrogen) atoms. The van der Waals surface area contributed by atoms with Gasteiger partial charge in [-0.25, -0.2) is 5.90 Å². The van der Waals surface area contributed by atoms with Gasteiger partial charge in [0.1, 0.15) is 0 Å². The van der Waals surface area contributed by atoms with Crippen LogP contribution >= 0.6 is 0 Å². The maximum atomic E-state index is 8.59. The Bertz CT molecular complexity index is 302. The third-order valence-corrected chi connectivity index (χ3v) is 2.02. The van der Waals surface area contributed by atoms with Gasteiger partial charge in [-0.05, 0) is 30.5 Å². The van der Waals surface area contributed by atoms with Gasteiger partial charge in [0.05, 0.1) is 13.2 Å². The highest BCUT2D eigenvalue weighted by Gasteiger charge is 1.99. The zero-order valence-corrected chi connectivity index (χ0v) is 11.3. The molecular weight excluding hydrogens is 232 g/mol. The molecule has 0 radical (unpaired) electrons. The van der Waals surface area contributed by atoms with Crippen LogP contribution in [0.3, 0.4) is 0 Å². The highest BCUT2D eigenvalue weighted by atomic mass is 16.7. The highest BCUT2D eigenvalue weighted by molar-refractivity contribution is 5.38. The van der Waals surface area contributed by atoms with Gasteiger partial charge >= 0.3 is 0 Å². The maximum absolute atomic E-state index is 8.59. The predicted molar refractivity (Wildman–Crippen MR) is 72.3 cm³/mol. The summed E-state index contributed by atoms with van der Waals surface area (Å²) in [5, 5.41) is 8.59. The molecule has 1 aromatic rings. The van der Waals surface area contributed by atoms with Crippen LogP contribution in [0, 0.1) is 5.92 Å². The molecule has 5 N–H and O–H groups in total.